The van der Waals surface area contributed by atoms with Gasteiger partial charge in [0.05, 0.1) is 0 Å². The molecule has 0 bridgehead atoms. The van der Waals surface area contributed by atoms with Gasteiger partial charge in [-0.25, -0.2) is 0 Å². The predicted octanol–water partition coefficient (Wildman–Crippen LogP) is 8.88. The van der Waals surface area contributed by atoms with Crippen molar-refractivity contribution < 1.29 is 0 Å². The number of hydrogen-bond donors (Lipinski definition) is 0. The molecular weight excluding hydrogens is 483 g/mol. The van der Waals surface area contributed by atoms with Gasteiger partial charge < -0.3 is 0 Å². The molecule has 0 aliphatic carbocycles. The smallest absolute Gasteiger partial charge is 0.0119 e. The topological polar surface area (TPSA) is 0 Å². The van der Waals surface area contributed by atoms with Crippen molar-refractivity contribution in [3.63, 3.8) is 0 Å². The first-order valence-electron chi connectivity index (χ1n) is 12.9. The highest BCUT2D eigenvalue weighted by Crippen LogP contribution is 2.34. The second-order valence-corrected chi connectivity index (χ2v) is 11.1. The van der Waals surface area contributed by atoms with E-state index < -0.39 is 7.92 Å². The van der Waals surface area contributed by atoms with Crippen LogP contribution in [0.25, 0.3) is 0 Å². The van der Waals surface area contributed by atoms with Crippen LogP contribution in [-0.2, 0) is 6.42 Å². The summed E-state index contributed by atoms with van der Waals surface area (Å²) in [6.07, 6.45) is 16.6. The SMILES string of the molecule is Br.CCCCCCCCCCCCCc1ccccc1P(c1ccccc1)c1ccccc1. The standard InChI is InChI=1S/C31H41P.BrH/c1-2-3-4-5-6-7-8-9-10-11-14-21-28-22-19-20-27-31(28)32(29-23-15-12-16-24-29)30-25-17-13-18-26-30;/h12-13,15-20,22-27H,2-11,14,21H2,1H3;1H. The molecule has 0 unspecified atom stereocenters. The van der Waals surface area contributed by atoms with E-state index in [0.717, 1.165) is 0 Å². The van der Waals surface area contributed by atoms with Crippen LogP contribution >= 0.6 is 24.9 Å². The lowest BCUT2D eigenvalue weighted by Crippen LogP contribution is -2.23. The molecule has 178 valence electrons. The molecule has 0 radical (unpaired) electrons. The fourth-order valence-electron chi connectivity index (χ4n) is 4.50. The largest absolute Gasteiger partial charge is 0.114 e. The van der Waals surface area contributed by atoms with Crippen LogP contribution in [0.4, 0.5) is 0 Å². The zero-order chi connectivity index (χ0) is 22.3. The van der Waals surface area contributed by atoms with Gasteiger partial charge in [0, 0.05) is 0 Å². The highest BCUT2D eigenvalue weighted by Gasteiger charge is 2.18. The Bertz CT molecular complexity index is 823. The van der Waals surface area contributed by atoms with Gasteiger partial charge >= 0.3 is 0 Å². The summed E-state index contributed by atoms with van der Waals surface area (Å²) in [6, 6.07) is 31.4. The van der Waals surface area contributed by atoms with Gasteiger partial charge in [-0.05, 0) is 42.2 Å². The van der Waals surface area contributed by atoms with Crippen molar-refractivity contribution in [2.24, 2.45) is 0 Å². The lowest BCUT2D eigenvalue weighted by Gasteiger charge is -2.22. The van der Waals surface area contributed by atoms with E-state index in [2.05, 4.69) is 91.9 Å². The number of aryl methyl sites for hydroxylation is 1. The van der Waals surface area contributed by atoms with Crippen molar-refractivity contribution in [3.8, 4) is 0 Å². The van der Waals surface area contributed by atoms with E-state index >= 15 is 0 Å². The van der Waals surface area contributed by atoms with Crippen molar-refractivity contribution in [1.82, 2.24) is 0 Å². The van der Waals surface area contributed by atoms with Crippen molar-refractivity contribution >= 4 is 40.8 Å². The molecule has 0 aliphatic heterocycles. The van der Waals surface area contributed by atoms with Gasteiger partial charge in [0.15, 0.2) is 0 Å². The minimum absolute atomic E-state index is 0. The first kappa shape index (κ1) is 27.8. The van der Waals surface area contributed by atoms with E-state index in [-0.39, 0.29) is 17.0 Å². The summed E-state index contributed by atoms with van der Waals surface area (Å²) < 4.78 is 0. The fraction of sp³-hybridized carbons (Fsp3) is 0.419. The minimum atomic E-state index is -0.506. The summed E-state index contributed by atoms with van der Waals surface area (Å²) in [6.45, 7) is 2.29. The Hall–Kier alpha value is -1.43. The molecule has 0 atom stereocenters. The molecule has 0 nitrogen and oxygen atoms in total. The summed E-state index contributed by atoms with van der Waals surface area (Å²) in [5.74, 6) is 0. The third-order valence-corrected chi connectivity index (χ3v) is 8.86. The molecule has 0 fully saturated rings. The normalized spacial score (nSPS) is 10.8. The maximum atomic E-state index is 2.37. The molecule has 33 heavy (non-hydrogen) atoms. The number of unbranched alkanes of at least 4 members (excludes halogenated alkanes) is 10. The van der Waals surface area contributed by atoms with Crippen LogP contribution in [0.15, 0.2) is 84.9 Å². The van der Waals surface area contributed by atoms with Gasteiger partial charge in [0.1, 0.15) is 0 Å². The third kappa shape index (κ3) is 9.76. The summed E-state index contributed by atoms with van der Waals surface area (Å²) in [4.78, 5) is 0. The molecule has 0 saturated carbocycles. The molecule has 0 aliphatic rings. The first-order chi connectivity index (χ1) is 15.9. The zero-order valence-electron chi connectivity index (χ0n) is 20.4. The molecule has 0 spiro atoms. The lowest BCUT2D eigenvalue weighted by molar-refractivity contribution is 0.549. The van der Waals surface area contributed by atoms with Crippen LogP contribution < -0.4 is 15.9 Å². The summed E-state index contributed by atoms with van der Waals surface area (Å²) in [5, 5.41) is 4.42. The number of benzene rings is 3. The molecule has 3 rings (SSSR count). The van der Waals surface area contributed by atoms with E-state index in [4.69, 9.17) is 0 Å². The molecule has 0 N–H and O–H groups in total. The van der Waals surface area contributed by atoms with E-state index in [1.165, 1.54) is 93.0 Å². The van der Waals surface area contributed by atoms with Crippen LogP contribution in [0.1, 0.15) is 83.1 Å². The van der Waals surface area contributed by atoms with Gasteiger partial charge in [-0.15, -0.1) is 17.0 Å². The Balaban J connectivity index is 0.00000385. The highest BCUT2D eigenvalue weighted by atomic mass is 79.9. The van der Waals surface area contributed by atoms with Gasteiger partial charge in [-0.3, -0.25) is 0 Å². The van der Waals surface area contributed by atoms with Gasteiger partial charge in [-0.2, -0.15) is 0 Å². The molecule has 3 aromatic carbocycles. The van der Waals surface area contributed by atoms with Crippen molar-refractivity contribution in [2.75, 3.05) is 0 Å². The van der Waals surface area contributed by atoms with Crippen LogP contribution in [0.2, 0.25) is 0 Å². The quantitative estimate of drug-likeness (QED) is 0.137. The Kier molecular flexibility index (Phi) is 14.4. The van der Waals surface area contributed by atoms with Crippen molar-refractivity contribution in [3.05, 3.63) is 90.5 Å². The molecule has 0 amide bonds. The Morgan fingerprint density at radius 2 is 0.909 bits per heavy atom. The van der Waals surface area contributed by atoms with Crippen molar-refractivity contribution in [1.29, 1.82) is 0 Å². The van der Waals surface area contributed by atoms with Gasteiger partial charge in [0.2, 0.25) is 0 Å². The average Bonchev–Trinajstić information content (AvgIpc) is 2.85. The van der Waals surface area contributed by atoms with E-state index in [9.17, 15) is 0 Å². The second-order valence-electron chi connectivity index (χ2n) is 8.92. The molecule has 0 saturated heterocycles. The lowest BCUT2D eigenvalue weighted by atomic mass is 10.0. The molecule has 2 heteroatoms. The monoisotopic (exact) mass is 524 g/mol. The molecule has 0 heterocycles. The second kappa shape index (κ2) is 17.1. The predicted molar refractivity (Wildman–Crippen MR) is 156 cm³/mol. The van der Waals surface area contributed by atoms with E-state index in [0.29, 0.717) is 0 Å². The number of hydrogen-bond acceptors (Lipinski definition) is 0. The fourth-order valence-corrected chi connectivity index (χ4v) is 7.01. The first-order valence-corrected chi connectivity index (χ1v) is 14.2. The van der Waals surface area contributed by atoms with E-state index in [1.807, 2.05) is 0 Å². The van der Waals surface area contributed by atoms with Crippen molar-refractivity contribution in [2.45, 2.75) is 84.0 Å². The van der Waals surface area contributed by atoms with Crippen LogP contribution in [-0.4, -0.2) is 0 Å². The maximum absolute atomic E-state index is 2.37. The summed E-state index contributed by atoms with van der Waals surface area (Å²) in [5.41, 5.74) is 1.54. The Labute approximate surface area is 214 Å². The van der Waals surface area contributed by atoms with Crippen LogP contribution in [0.5, 0.6) is 0 Å². The van der Waals surface area contributed by atoms with Crippen LogP contribution in [0, 0.1) is 0 Å². The Morgan fingerprint density at radius 1 is 0.485 bits per heavy atom. The van der Waals surface area contributed by atoms with E-state index in [1.54, 1.807) is 5.56 Å². The molecule has 0 aromatic heterocycles. The number of rotatable bonds is 15. The van der Waals surface area contributed by atoms with Gasteiger partial charge in [0.25, 0.3) is 0 Å². The average molecular weight is 526 g/mol. The maximum Gasteiger partial charge on any atom is -0.0119 e. The zero-order valence-corrected chi connectivity index (χ0v) is 23.0. The highest BCUT2D eigenvalue weighted by molar-refractivity contribution is 8.93. The molecule has 3 aromatic rings. The van der Waals surface area contributed by atoms with Gasteiger partial charge in [-0.1, -0.05) is 156 Å². The third-order valence-electron chi connectivity index (χ3n) is 6.31. The minimum Gasteiger partial charge on any atom is -0.114 e. The molecular formula is C31H42BrP. The summed E-state index contributed by atoms with van der Waals surface area (Å²) in [7, 11) is -0.506. The Morgan fingerprint density at radius 3 is 1.42 bits per heavy atom. The number of halogens is 1. The summed E-state index contributed by atoms with van der Waals surface area (Å²) >= 11 is 0. The van der Waals surface area contributed by atoms with Crippen LogP contribution in [0.3, 0.4) is 0 Å².